The summed E-state index contributed by atoms with van der Waals surface area (Å²) in [5, 5.41) is 3.36. The highest BCUT2D eigenvalue weighted by atomic mass is 16.5. The lowest BCUT2D eigenvalue weighted by molar-refractivity contribution is 0.0253. The molecule has 1 aromatic carbocycles. The SMILES string of the molecule is Cc1cccc(COC2CCCNC2)c1. The van der Waals surface area contributed by atoms with E-state index in [1.165, 1.54) is 24.0 Å². The van der Waals surface area contributed by atoms with Crippen molar-refractivity contribution in [3.8, 4) is 0 Å². The molecule has 0 spiro atoms. The third-order valence-electron chi connectivity index (χ3n) is 2.82. The highest BCUT2D eigenvalue weighted by Gasteiger charge is 2.12. The second kappa shape index (κ2) is 5.29. The molecule has 1 N–H and O–H groups in total. The summed E-state index contributed by atoms with van der Waals surface area (Å²) >= 11 is 0. The predicted molar refractivity (Wildman–Crippen MR) is 61.9 cm³/mol. The van der Waals surface area contributed by atoms with E-state index in [0.717, 1.165) is 19.7 Å². The molecular formula is C13H19NO. The van der Waals surface area contributed by atoms with Crippen molar-refractivity contribution in [2.24, 2.45) is 0 Å². The fourth-order valence-corrected chi connectivity index (χ4v) is 1.98. The zero-order valence-corrected chi connectivity index (χ0v) is 9.33. The molecule has 2 rings (SSSR count). The van der Waals surface area contributed by atoms with Crippen molar-refractivity contribution in [1.82, 2.24) is 5.32 Å². The number of ether oxygens (including phenoxy) is 1. The van der Waals surface area contributed by atoms with Gasteiger partial charge in [-0.3, -0.25) is 0 Å². The van der Waals surface area contributed by atoms with Crippen molar-refractivity contribution in [3.05, 3.63) is 35.4 Å². The van der Waals surface area contributed by atoms with Crippen LogP contribution in [0.15, 0.2) is 24.3 Å². The van der Waals surface area contributed by atoms with Gasteiger partial charge in [0.05, 0.1) is 12.7 Å². The Morgan fingerprint density at radius 2 is 2.40 bits per heavy atom. The van der Waals surface area contributed by atoms with E-state index in [1.54, 1.807) is 0 Å². The number of piperidine rings is 1. The standard InChI is InChI=1S/C13H19NO/c1-11-4-2-5-12(8-11)10-15-13-6-3-7-14-9-13/h2,4-5,8,13-14H,3,6-7,9-10H2,1H3. The quantitative estimate of drug-likeness (QED) is 0.817. The van der Waals surface area contributed by atoms with E-state index in [1.807, 2.05) is 0 Å². The van der Waals surface area contributed by atoms with Gasteiger partial charge in [0, 0.05) is 6.54 Å². The van der Waals surface area contributed by atoms with Crippen molar-refractivity contribution in [1.29, 1.82) is 0 Å². The molecule has 0 radical (unpaired) electrons. The molecule has 1 aliphatic heterocycles. The summed E-state index contributed by atoms with van der Waals surface area (Å²) in [6, 6.07) is 8.53. The first-order chi connectivity index (χ1) is 7.34. The van der Waals surface area contributed by atoms with E-state index in [0.29, 0.717) is 6.10 Å². The first-order valence-corrected chi connectivity index (χ1v) is 5.72. The van der Waals surface area contributed by atoms with Gasteiger partial charge in [-0.1, -0.05) is 29.8 Å². The Morgan fingerprint density at radius 3 is 3.13 bits per heavy atom. The summed E-state index contributed by atoms with van der Waals surface area (Å²) in [6.45, 7) is 5.01. The third kappa shape index (κ3) is 3.33. The molecule has 1 saturated heterocycles. The minimum atomic E-state index is 0.402. The van der Waals surface area contributed by atoms with Gasteiger partial charge in [0.25, 0.3) is 0 Å². The molecule has 2 heteroatoms. The molecule has 0 amide bonds. The number of hydrogen-bond donors (Lipinski definition) is 1. The topological polar surface area (TPSA) is 21.3 Å². The van der Waals surface area contributed by atoms with Gasteiger partial charge in [-0.25, -0.2) is 0 Å². The van der Waals surface area contributed by atoms with Crippen molar-refractivity contribution < 1.29 is 4.74 Å². The lowest BCUT2D eigenvalue weighted by Crippen LogP contribution is -2.35. The lowest BCUT2D eigenvalue weighted by atomic mass is 10.1. The third-order valence-corrected chi connectivity index (χ3v) is 2.82. The first kappa shape index (κ1) is 10.7. The number of rotatable bonds is 3. The Balaban J connectivity index is 1.81. The van der Waals surface area contributed by atoms with Crippen LogP contribution in [0.2, 0.25) is 0 Å². The highest BCUT2D eigenvalue weighted by molar-refractivity contribution is 5.21. The summed E-state index contributed by atoms with van der Waals surface area (Å²) in [4.78, 5) is 0. The summed E-state index contributed by atoms with van der Waals surface area (Å²) in [5.74, 6) is 0. The summed E-state index contributed by atoms with van der Waals surface area (Å²) in [5.41, 5.74) is 2.58. The van der Waals surface area contributed by atoms with Crippen molar-refractivity contribution in [3.63, 3.8) is 0 Å². The van der Waals surface area contributed by atoms with Crippen LogP contribution < -0.4 is 5.32 Å². The Labute approximate surface area is 91.6 Å². The second-order valence-electron chi connectivity index (χ2n) is 4.27. The average Bonchev–Trinajstić information content (AvgIpc) is 2.28. The largest absolute Gasteiger partial charge is 0.372 e. The van der Waals surface area contributed by atoms with Crippen LogP contribution in [0.1, 0.15) is 24.0 Å². The molecule has 0 saturated carbocycles. The van der Waals surface area contributed by atoms with Gasteiger partial charge in [0.15, 0.2) is 0 Å². The van der Waals surface area contributed by atoms with Gasteiger partial charge in [0.1, 0.15) is 0 Å². The molecule has 1 aromatic rings. The molecule has 1 fully saturated rings. The molecular weight excluding hydrogens is 186 g/mol. The van der Waals surface area contributed by atoms with Crippen LogP contribution in [0, 0.1) is 6.92 Å². The number of nitrogens with one attached hydrogen (secondary N) is 1. The van der Waals surface area contributed by atoms with Gasteiger partial charge in [-0.15, -0.1) is 0 Å². The molecule has 2 nitrogen and oxygen atoms in total. The van der Waals surface area contributed by atoms with Crippen LogP contribution in [0.3, 0.4) is 0 Å². The number of hydrogen-bond acceptors (Lipinski definition) is 2. The van der Waals surface area contributed by atoms with Crippen molar-refractivity contribution >= 4 is 0 Å². The normalized spacial score (nSPS) is 21.5. The minimum Gasteiger partial charge on any atom is -0.372 e. The maximum Gasteiger partial charge on any atom is 0.0721 e. The molecule has 0 bridgehead atoms. The van der Waals surface area contributed by atoms with Gasteiger partial charge >= 0.3 is 0 Å². The fourth-order valence-electron chi connectivity index (χ4n) is 1.98. The molecule has 1 atom stereocenters. The number of aryl methyl sites for hydroxylation is 1. The summed E-state index contributed by atoms with van der Waals surface area (Å²) < 4.78 is 5.86. The minimum absolute atomic E-state index is 0.402. The van der Waals surface area contributed by atoms with E-state index in [-0.39, 0.29) is 0 Å². The zero-order valence-electron chi connectivity index (χ0n) is 9.33. The molecule has 1 aliphatic rings. The summed E-state index contributed by atoms with van der Waals surface area (Å²) in [6.07, 6.45) is 2.83. The van der Waals surface area contributed by atoms with Crippen LogP contribution in [0.4, 0.5) is 0 Å². The maximum absolute atomic E-state index is 5.86. The first-order valence-electron chi connectivity index (χ1n) is 5.72. The van der Waals surface area contributed by atoms with Crippen molar-refractivity contribution in [2.75, 3.05) is 13.1 Å². The predicted octanol–water partition coefficient (Wildman–Crippen LogP) is 2.26. The van der Waals surface area contributed by atoms with Gasteiger partial charge in [-0.2, -0.15) is 0 Å². The highest BCUT2D eigenvalue weighted by Crippen LogP contribution is 2.11. The molecule has 0 aromatic heterocycles. The molecule has 1 unspecified atom stereocenters. The lowest BCUT2D eigenvalue weighted by Gasteiger charge is -2.23. The van der Waals surface area contributed by atoms with Crippen molar-refractivity contribution in [2.45, 2.75) is 32.5 Å². The second-order valence-corrected chi connectivity index (χ2v) is 4.27. The van der Waals surface area contributed by atoms with E-state index in [9.17, 15) is 0 Å². The molecule has 15 heavy (non-hydrogen) atoms. The Kier molecular flexibility index (Phi) is 3.75. The Morgan fingerprint density at radius 1 is 1.47 bits per heavy atom. The number of benzene rings is 1. The maximum atomic E-state index is 5.86. The van der Waals surface area contributed by atoms with Gasteiger partial charge in [0.2, 0.25) is 0 Å². The molecule has 82 valence electrons. The van der Waals surface area contributed by atoms with E-state index < -0.39 is 0 Å². The summed E-state index contributed by atoms with van der Waals surface area (Å²) in [7, 11) is 0. The van der Waals surface area contributed by atoms with Gasteiger partial charge in [-0.05, 0) is 31.9 Å². The Hall–Kier alpha value is -0.860. The van der Waals surface area contributed by atoms with E-state index in [4.69, 9.17) is 4.74 Å². The zero-order chi connectivity index (χ0) is 10.5. The Bertz CT molecular complexity index is 305. The monoisotopic (exact) mass is 205 g/mol. The van der Waals surface area contributed by atoms with Crippen LogP contribution >= 0.6 is 0 Å². The molecule has 0 aliphatic carbocycles. The van der Waals surface area contributed by atoms with E-state index >= 15 is 0 Å². The van der Waals surface area contributed by atoms with Gasteiger partial charge < -0.3 is 10.1 Å². The fraction of sp³-hybridized carbons (Fsp3) is 0.538. The van der Waals surface area contributed by atoms with Crippen LogP contribution in [0.25, 0.3) is 0 Å². The molecule has 1 heterocycles. The smallest absolute Gasteiger partial charge is 0.0721 e. The van der Waals surface area contributed by atoms with E-state index in [2.05, 4.69) is 36.5 Å². The average molecular weight is 205 g/mol. The van der Waals surface area contributed by atoms with Crippen LogP contribution in [-0.2, 0) is 11.3 Å². The van der Waals surface area contributed by atoms with Crippen LogP contribution in [0.5, 0.6) is 0 Å². The van der Waals surface area contributed by atoms with Crippen LogP contribution in [-0.4, -0.2) is 19.2 Å².